The topological polar surface area (TPSA) is 22.1 Å². The normalized spacial score (nSPS) is 11.8. The molecule has 0 radical (unpaired) electrons. The van der Waals surface area contributed by atoms with Crippen molar-refractivity contribution in [2.45, 2.75) is 38.3 Å². The molecule has 4 rings (SSSR count). The van der Waals surface area contributed by atoms with E-state index in [4.69, 9.17) is 4.74 Å². The molecule has 3 aromatic carbocycles. The Morgan fingerprint density at radius 2 is 1.46 bits per heavy atom. The molecule has 1 heterocycles. The van der Waals surface area contributed by atoms with Crippen molar-refractivity contribution in [3.8, 4) is 0 Å². The Labute approximate surface area is 202 Å². The molecule has 4 aromatic rings. The van der Waals surface area contributed by atoms with Gasteiger partial charge in [-0.3, -0.25) is 4.98 Å². The van der Waals surface area contributed by atoms with E-state index in [1.807, 2.05) is 36.5 Å². The fourth-order valence-corrected chi connectivity index (χ4v) is 4.12. The van der Waals surface area contributed by atoms with Gasteiger partial charge in [0, 0.05) is 24.4 Å². The molecule has 0 fully saturated rings. The van der Waals surface area contributed by atoms with Gasteiger partial charge in [-0.05, 0) is 77.9 Å². The number of benzene rings is 3. The van der Waals surface area contributed by atoms with Gasteiger partial charge in [0.15, 0.2) is 0 Å². The van der Waals surface area contributed by atoms with Crippen LogP contribution in [0.25, 0.3) is 10.8 Å². The van der Waals surface area contributed by atoms with E-state index in [0.717, 1.165) is 59.2 Å². The van der Waals surface area contributed by atoms with Gasteiger partial charge in [-0.15, -0.1) is 0 Å². The predicted molar refractivity (Wildman–Crippen MR) is 130 cm³/mol. The SMILES string of the molecule is COCCc1ccc(CCc2ccc3c(F)c(CCc4ccc(C(F)(F)F)cc4)ccc3c2)nc1. The van der Waals surface area contributed by atoms with Crippen LogP contribution in [0.5, 0.6) is 0 Å². The minimum atomic E-state index is -4.35. The van der Waals surface area contributed by atoms with Crippen molar-refractivity contribution in [1.82, 2.24) is 4.98 Å². The number of hydrogen-bond donors (Lipinski definition) is 0. The second-order valence-corrected chi connectivity index (χ2v) is 8.69. The molecule has 0 unspecified atom stereocenters. The Morgan fingerprint density at radius 1 is 0.743 bits per heavy atom. The maximum absolute atomic E-state index is 15.1. The fourth-order valence-electron chi connectivity index (χ4n) is 4.12. The molecule has 1 aromatic heterocycles. The van der Waals surface area contributed by atoms with E-state index < -0.39 is 11.7 Å². The number of ether oxygens (including phenoxy) is 1. The zero-order chi connectivity index (χ0) is 24.8. The molecule has 0 aliphatic rings. The fraction of sp³-hybridized carbons (Fsp3) is 0.276. The summed E-state index contributed by atoms with van der Waals surface area (Å²) in [5.41, 5.74) is 3.89. The summed E-state index contributed by atoms with van der Waals surface area (Å²) in [6.45, 7) is 0.672. The average molecular weight is 482 g/mol. The van der Waals surface area contributed by atoms with E-state index >= 15 is 4.39 Å². The molecule has 2 nitrogen and oxygen atoms in total. The van der Waals surface area contributed by atoms with Gasteiger partial charge in [0.05, 0.1) is 12.2 Å². The van der Waals surface area contributed by atoms with Crippen LogP contribution in [0, 0.1) is 5.82 Å². The molecule has 6 heteroatoms. The first kappa shape index (κ1) is 24.9. The standard InChI is InChI=1S/C29H27F4NO/c1-35-17-16-22-6-14-26(34-19-22)13-5-21-7-15-27-24(18-21)10-9-23(28(27)30)8-2-20-3-11-25(12-4-20)29(31,32)33/h3-4,6-7,9-12,14-15,18-19H,2,5,8,13,16-17H2,1H3. The Balaban J connectivity index is 1.39. The zero-order valence-corrected chi connectivity index (χ0v) is 19.5. The van der Waals surface area contributed by atoms with Gasteiger partial charge in [0.1, 0.15) is 5.82 Å². The lowest BCUT2D eigenvalue weighted by Crippen LogP contribution is -2.04. The molecule has 0 saturated carbocycles. The van der Waals surface area contributed by atoms with E-state index in [2.05, 4.69) is 11.1 Å². The van der Waals surface area contributed by atoms with Gasteiger partial charge in [0.25, 0.3) is 0 Å². The van der Waals surface area contributed by atoms with Crippen LogP contribution in [-0.2, 0) is 43.0 Å². The molecule has 0 saturated heterocycles. The summed E-state index contributed by atoms with van der Waals surface area (Å²) in [6.07, 6.45) is 0.855. The second-order valence-electron chi connectivity index (χ2n) is 8.69. The number of aromatic nitrogens is 1. The largest absolute Gasteiger partial charge is 0.416 e. The lowest BCUT2D eigenvalue weighted by atomic mass is 9.97. The number of fused-ring (bicyclic) bond motifs is 1. The third kappa shape index (κ3) is 6.45. The van der Waals surface area contributed by atoms with Crippen molar-refractivity contribution in [3.63, 3.8) is 0 Å². The Hall–Kier alpha value is -3.25. The summed E-state index contributed by atoms with van der Waals surface area (Å²) in [6, 6.07) is 18.6. The summed E-state index contributed by atoms with van der Waals surface area (Å²) in [5, 5.41) is 1.39. The van der Waals surface area contributed by atoms with Gasteiger partial charge in [-0.1, -0.05) is 48.5 Å². The third-order valence-corrected chi connectivity index (χ3v) is 6.21. The van der Waals surface area contributed by atoms with E-state index in [1.54, 1.807) is 13.2 Å². The smallest absolute Gasteiger partial charge is 0.384 e. The summed E-state index contributed by atoms with van der Waals surface area (Å²) < 4.78 is 58.4. The summed E-state index contributed by atoms with van der Waals surface area (Å²) in [7, 11) is 1.68. The van der Waals surface area contributed by atoms with Crippen LogP contribution in [0.4, 0.5) is 17.6 Å². The lowest BCUT2D eigenvalue weighted by Gasteiger charge is -2.10. The highest BCUT2D eigenvalue weighted by atomic mass is 19.4. The Morgan fingerprint density at radius 3 is 2.14 bits per heavy atom. The quantitative estimate of drug-likeness (QED) is 0.237. The van der Waals surface area contributed by atoms with E-state index in [1.165, 1.54) is 12.1 Å². The first-order valence-corrected chi connectivity index (χ1v) is 11.6. The van der Waals surface area contributed by atoms with Crippen molar-refractivity contribution in [2.75, 3.05) is 13.7 Å². The monoisotopic (exact) mass is 481 g/mol. The van der Waals surface area contributed by atoms with Crippen LogP contribution in [0.15, 0.2) is 72.9 Å². The molecule has 0 spiro atoms. The maximum atomic E-state index is 15.1. The lowest BCUT2D eigenvalue weighted by molar-refractivity contribution is -0.137. The molecule has 0 atom stereocenters. The molecule has 0 aliphatic carbocycles. The van der Waals surface area contributed by atoms with Crippen LogP contribution < -0.4 is 0 Å². The summed E-state index contributed by atoms with van der Waals surface area (Å²) in [5.74, 6) is -0.269. The van der Waals surface area contributed by atoms with Crippen molar-refractivity contribution < 1.29 is 22.3 Å². The number of nitrogens with zero attached hydrogens (tertiary/aromatic N) is 1. The van der Waals surface area contributed by atoms with Gasteiger partial charge in [-0.25, -0.2) is 4.39 Å². The third-order valence-electron chi connectivity index (χ3n) is 6.21. The maximum Gasteiger partial charge on any atom is 0.416 e. The van der Waals surface area contributed by atoms with E-state index in [9.17, 15) is 13.2 Å². The predicted octanol–water partition coefficient (Wildman–Crippen LogP) is 7.15. The van der Waals surface area contributed by atoms with Gasteiger partial charge < -0.3 is 4.74 Å². The van der Waals surface area contributed by atoms with Gasteiger partial charge in [0.2, 0.25) is 0 Å². The minimum Gasteiger partial charge on any atom is -0.384 e. The Kier molecular flexibility index (Phi) is 7.81. The highest BCUT2D eigenvalue weighted by Crippen LogP contribution is 2.29. The number of pyridine rings is 1. The minimum absolute atomic E-state index is 0.269. The first-order valence-electron chi connectivity index (χ1n) is 11.6. The average Bonchev–Trinajstić information content (AvgIpc) is 2.86. The van der Waals surface area contributed by atoms with Crippen LogP contribution in [0.1, 0.15) is 33.5 Å². The molecule has 0 amide bonds. The second kappa shape index (κ2) is 11.0. The summed E-state index contributed by atoms with van der Waals surface area (Å²) in [4.78, 5) is 4.53. The van der Waals surface area contributed by atoms with Crippen LogP contribution in [-0.4, -0.2) is 18.7 Å². The first-order chi connectivity index (χ1) is 16.8. The highest BCUT2D eigenvalue weighted by molar-refractivity contribution is 5.84. The molecule has 0 N–H and O–H groups in total. The Bertz CT molecular complexity index is 1270. The van der Waals surface area contributed by atoms with Gasteiger partial charge in [-0.2, -0.15) is 13.2 Å². The molecular weight excluding hydrogens is 454 g/mol. The number of alkyl halides is 3. The molecule has 182 valence electrons. The number of halogens is 4. The number of hydrogen-bond acceptors (Lipinski definition) is 2. The van der Waals surface area contributed by atoms with Crippen LogP contribution in [0.3, 0.4) is 0 Å². The van der Waals surface area contributed by atoms with E-state index in [0.29, 0.717) is 30.4 Å². The summed E-state index contributed by atoms with van der Waals surface area (Å²) >= 11 is 0. The van der Waals surface area contributed by atoms with Crippen molar-refractivity contribution in [3.05, 3.63) is 112 Å². The van der Waals surface area contributed by atoms with Crippen LogP contribution >= 0.6 is 0 Å². The molecular formula is C29H27F4NO. The molecule has 35 heavy (non-hydrogen) atoms. The van der Waals surface area contributed by atoms with E-state index in [-0.39, 0.29) is 5.82 Å². The van der Waals surface area contributed by atoms with Gasteiger partial charge >= 0.3 is 6.18 Å². The van der Waals surface area contributed by atoms with Crippen molar-refractivity contribution >= 4 is 10.8 Å². The van der Waals surface area contributed by atoms with Crippen molar-refractivity contribution in [1.29, 1.82) is 0 Å². The number of aryl methyl sites for hydroxylation is 4. The molecule has 0 aliphatic heterocycles. The number of rotatable bonds is 9. The highest BCUT2D eigenvalue weighted by Gasteiger charge is 2.29. The van der Waals surface area contributed by atoms with Crippen LogP contribution in [0.2, 0.25) is 0 Å². The molecule has 0 bridgehead atoms. The number of methoxy groups -OCH3 is 1. The van der Waals surface area contributed by atoms with Crippen molar-refractivity contribution in [2.24, 2.45) is 0 Å². The zero-order valence-electron chi connectivity index (χ0n) is 19.5.